The van der Waals surface area contributed by atoms with Gasteiger partial charge in [0.2, 0.25) is 0 Å². The van der Waals surface area contributed by atoms with Gasteiger partial charge in [-0.25, -0.2) is 0 Å². The van der Waals surface area contributed by atoms with Gasteiger partial charge >= 0.3 is 0 Å². The van der Waals surface area contributed by atoms with Crippen LogP contribution in [0.25, 0.3) is 0 Å². The average molecular weight is 140 g/mol. The van der Waals surface area contributed by atoms with E-state index in [0.717, 1.165) is 0 Å². The number of hydrogen-bond donors (Lipinski definition) is 1. The average Bonchev–Trinajstić information content (AvgIpc) is 2.46. The minimum atomic E-state index is 1.36. The summed E-state index contributed by atoms with van der Waals surface area (Å²) in [6.45, 7) is 11.3. The number of hydrogen-bond acceptors (Lipinski definition) is 1. The summed E-state index contributed by atoms with van der Waals surface area (Å²) < 4.78 is 0. The molecule has 2 heteroatoms. The standard InChI is InChI=1S/C7H15N.CN/c1-2-5-8-6-3-4-7-8;1-2/h2-7H2,1H3;/q;-1/p+1. The van der Waals surface area contributed by atoms with E-state index < -0.39 is 0 Å². The Balaban J connectivity index is 0.000000371. The van der Waals surface area contributed by atoms with Gasteiger partial charge in [-0.15, -0.1) is 0 Å². The Kier molecular flexibility index (Phi) is 6.21. The van der Waals surface area contributed by atoms with Gasteiger partial charge in [0, 0.05) is 12.8 Å². The van der Waals surface area contributed by atoms with Crippen molar-refractivity contribution in [1.82, 2.24) is 0 Å². The van der Waals surface area contributed by atoms with Gasteiger partial charge < -0.3 is 16.7 Å². The molecule has 1 saturated heterocycles. The second-order valence-electron chi connectivity index (χ2n) is 2.71. The third kappa shape index (κ3) is 3.47. The van der Waals surface area contributed by atoms with Crippen molar-refractivity contribution in [3.8, 4) is 0 Å². The highest BCUT2D eigenvalue weighted by Crippen LogP contribution is 1.87. The Morgan fingerprint density at radius 2 is 1.80 bits per heavy atom. The molecule has 0 spiro atoms. The second-order valence-corrected chi connectivity index (χ2v) is 2.71. The van der Waals surface area contributed by atoms with Gasteiger partial charge in [-0.3, -0.25) is 0 Å². The Morgan fingerprint density at radius 1 is 1.30 bits per heavy atom. The molecule has 2 nitrogen and oxygen atoms in total. The first kappa shape index (κ1) is 9.45. The van der Waals surface area contributed by atoms with Crippen LogP contribution in [-0.2, 0) is 0 Å². The predicted molar refractivity (Wildman–Crippen MR) is 40.1 cm³/mol. The molecular weight excluding hydrogens is 124 g/mol. The Hall–Kier alpha value is -0.550. The second kappa shape index (κ2) is 6.57. The van der Waals surface area contributed by atoms with E-state index in [2.05, 4.69) is 6.92 Å². The van der Waals surface area contributed by atoms with Gasteiger partial charge in [0.15, 0.2) is 0 Å². The van der Waals surface area contributed by atoms with E-state index in [1.807, 2.05) is 4.90 Å². The number of quaternary nitrogens is 1. The molecule has 0 aromatic rings. The molecule has 0 saturated carbocycles. The van der Waals surface area contributed by atoms with Crippen molar-refractivity contribution in [2.45, 2.75) is 26.2 Å². The van der Waals surface area contributed by atoms with Crippen molar-refractivity contribution in [1.29, 1.82) is 5.26 Å². The van der Waals surface area contributed by atoms with Crippen LogP contribution in [0.4, 0.5) is 0 Å². The molecule has 1 aliphatic rings. The minimum absolute atomic E-state index is 1.36. The third-order valence-electron chi connectivity index (χ3n) is 1.91. The van der Waals surface area contributed by atoms with Gasteiger partial charge in [0.05, 0.1) is 19.6 Å². The van der Waals surface area contributed by atoms with Gasteiger partial charge in [-0.2, -0.15) is 0 Å². The molecule has 0 radical (unpaired) electrons. The summed E-state index contributed by atoms with van der Waals surface area (Å²) in [6, 6.07) is 0. The van der Waals surface area contributed by atoms with Crippen LogP contribution >= 0.6 is 0 Å². The monoisotopic (exact) mass is 140 g/mol. The molecule has 0 aromatic heterocycles. The van der Waals surface area contributed by atoms with Crippen LogP contribution in [0, 0.1) is 11.8 Å². The first-order chi connectivity index (χ1) is 4.93. The minimum Gasteiger partial charge on any atom is -0.512 e. The van der Waals surface area contributed by atoms with Crippen LogP contribution in [0.3, 0.4) is 0 Å². The summed E-state index contributed by atoms with van der Waals surface area (Å²) in [7, 11) is 0. The third-order valence-corrected chi connectivity index (χ3v) is 1.91. The van der Waals surface area contributed by atoms with E-state index in [9.17, 15) is 0 Å². The SMILES string of the molecule is CCC[NH+]1CCCC1.[C-]#N. The lowest BCUT2D eigenvalue weighted by molar-refractivity contribution is -0.887. The molecule has 1 aliphatic heterocycles. The van der Waals surface area contributed by atoms with Crippen LogP contribution in [0.2, 0.25) is 0 Å². The van der Waals surface area contributed by atoms with E-state index >= 15 is 0 Å². The van der Waals surface area contributed by atoms with E-state index in [1.165, 1.54) is 38.9 Å². The molecule has 1 heterocycles. The molecule has 0 bridgehead atoms. The van der Waals surface area contributed by atoms with Crippen molar-refractivity contribution >= 4 is 0 Å². The zero-order valence-electron chi connectivity index (χ0n) is 6.69. The highest BCUT2D eigenvalue weighted by molar-refractivity contribution is 4.43. The number of rotatable bonds is 2. The summed E-state index contributed by atoms with van der Waals surface area (Å²) in [6.07, 6.45) is 4.29. The van der Waals surface area contributed by atoms with Crippen molar-refractivity contribution in [3.63, 3.8) is 0 Å². The fraction of sp³-hybridized carbons (Fsp3) is 0.875. The molecule has 0 aliphatic carbocycles. The zero-order chi connectivity index (χ0) is 7.82. The number of nitrogens with zero attached hydrogens (tertiary/aromatic N) is 1. The van der Waals surface area contributed by atoms with Gasteiger partial charge in [-0.1, -0.05) is 6.92 Å². The molecule has 58 valence electrons. The molecule has 0 amide bonds. The molecule has 0 unspecified atom stereocenters. The van der Waals surface area contributed by atoms with Crippen LogP contribution in [0.15, 0.2) is 0 Å². The highest BCUT2D eigenvalue weighted by Gasteiger charge is 2.12. The van der Waals surface area contributed by atoms with Crippen molar-refractivity contribution in [3.05, 3.63) is 6.57 Å². The molecule has 1 N–H and O–H groups in total. The summed E-state index contributed by atoms with van der Waals surface area (Å²) in [5, 5.41) is 6.25. The first-order valence-electron chi connectivity index (χ1n) is 3.99. The summed E-state index contributed by atoms with van der Waals surface area (Å²) in [5.74, 6) is 0. The fourth-order valence-electron chi connectivity index (χ4n) is 1.48. The molecule has 1 rings (SSSR count). The smallest absolute Gasteiger partial charge is 0.0773 e. The van der Waals surface area contributed by atoms with Gasteiger partial charge in [0.1, 0.15) is 0 Å². The molecule has 0 aromatic carbocycles. The van der Waals surface area contributed by atoms with Crippen LogP contribution in [-0.4, -0.2) is 19.6 Å². The summed E-state index contributed by atoms with van der Waals surface area (Å²) >= 11 is 0. The lowest BCUT2D eigenvalue weighted by Gasteiger charge is -2.08. The quantitative estimate of drug-likeness (QED) is 0.544. The Bertz CT molecular complexity index is 82.5. The van der Waals surface area contributed by atoms with Crippen molar-refractivity contribution < 1.29 is 4.90 Å². The largest absolute Gasteiger partial charge is 0.512 e. The Morgan fingerprint density at radius 3 is 2.20 bits per heavy atom. The normalized spacial score (nSPS) is 17.9. The molecule has 1 fully saturated rings. The number of likely N-dealkylation sites (tertiary alicyclic amines) is 1. The lowest BCUT2D eigenvalue weighted by atomic mass is 10.4. The zero-order valence-corrected chi connectivity index (χ0v) is 6.69. The molecule has 0 atom stereocenters. The first-order valence-corrected chi connectivity index (χ1v) is 3.99. The maximum atomic E-state index is 6.25. The van der Waals surface area contributed by atoms with Crippen LogP contribution in [0.1, 0.15) is 26.2 Å². The highest BCUT2D eigenvalue weighted by atomic mass is 15.1. The number of nitrogens with one attached hydrogen (secondary N) is 1. The van der Waals surface area contributed by atoms with E-state index in [-0.39, 0.29) is 0 Å². The fourth-order valence-corrected chi connectivity index (χ4v) is 1.48. The summed E-state index contributed by atoms with van der Waals surface area (Å²) in [5.41, 5.74) is 0. The van der Waals surface area contributed by atoms with Gasteiger partial charge in [-0.05, 0) is 6.42 Å². The van der Waals surface area contributed by atoms with Crippen LogP contribution < -0.4 is 4.90 Å². The molecule has 10 heavy (non-hydrogen) atoms. The maximum absolute atomic E-state index is 6.25. The maximum Gasteiger partial charge on any atom is 0.0773 e. The predicted octanol–water partition coefficient (Wildman–Crippen LogP) is 0.171. The lowest BCUT2D eigenvalue weighted by Crippen LogP contribution is -3.09. The van der Waals surface area contributed by atoms with E-state index in [4.69, 9.17) is 11.8 Å². The van der Waals surface area contributed by atoms with E-state index in [1.54, 1.807) is 0 Å². The van der Waals surface area contributed by atoms with Crippen molar-refractivity contribution in [2.24, 2.45) is 0 Å². The summed E-state index contributed by atoms with van der Waals surface area (Å²) in [4.78, 5) is 1.83. The van der Waals surface area contributed by atoms with Gasteiger partial charge in [0.25, 0.3) is 0 Å². The Labute approximate surface area is 63.4 Å². The molecular formula is C8H16N2. The van der Waals surface area contributed by atoms with Crippen LogP contribution in [0.5, 0.6) is 0 Å². The van der Waals surface area contributed by atoms with Crippen molar-refractivity contribution in [2.75, 3.05) is 19.6 Å². The van der Waals surface area contributed by atoms with E-state index in [0.29, 0.717) is 0 Å². The topological polar surface area (TPSA) is 28.2 Å².